The monoisotopic (exact) mass is 354 g/mol. The predicted octanol–water partition coefficient (Wildman–Crippen LogP) is 8.44. The Morgan fingerprint density at radius 1 is 0.520 bits per heavy atom. The fourth-order valence-corrected chi connectivity index (χ4v) is 4.03. The Labute approximate surface area is 160 Å². The highest BCUT2D eigenvalue weighted by Gasteiger charge is 2.40. The summed E-state index contributed by atoms with van der Waals surface area (Å²) in [7, 11) is 0. The molecular formula is C24H50O. The topological polar surface area (TPSA) is 20.2 Å². The Hall–Kier alpha value is -0.0400. The summed E-state index contributed by atoms with van der Waals surface area (Å²) < 4.78 is 0. The summed E-state index contributed by atoms with van der Waals surface area (Å²) >= 11 is 0. The van der Waals surface area contributed by atoms with E-state index in [-0.39, 0.29) is 5.41 Å². The summed E-state index contributed by atoms with van der Waals surface area (Å²) in [6, 6.07) is 0. The van der Waals surface area contributed by atoms with Crippen LogP contribution in [0.2, 0.25) is 0 Å². The van der Waals surface area contributed by atoms with E-state index >= 15 is 0 Å². The van der Waals surface area contributed by atoms with Crippen LogP contribution in [0.4, 0.5) is 0 Å². The fraction of sp³-hybridized carbons (Fsp3) is 1.00. The van der Waals surface area contributed by atoms with Crippen molar-refractivity contribution in [2.45, 2.75) is 149 Å². The molecule has 0 aliphatic heterocycles. The lowest BCUT2D eigenvalue weighted by atomic mass is 9.67. The first kappa shape index (κ1) is 25.0. The molecule has 0 bridgehead atoms. The number of hydrogen-bond acceptors (Lipinski definition) is 1. The second-order valence-corrected chi connectivity index (χ2v) is 8.93. The summed E-state index contributed by atoms with van der Waals surface area (Å²) in [4.78, 5) is 0. The molecule has 2 unspecified atom stereocenters. The summed E-state index contributed by atoms with van der Waals surface area (Å²) in [5.41, 5.74) is -0.424. The van der Waals surface area contributed by atoms with Gasteiger partial charge in [0.25, 0.3) is 0 Å². The Kier molecular flexibility index (Phi) is 15.0. The minimum absolute atomic E-state index is 0.0822. The van der Waals surface area contributed by atoms with Gasteiger partial charge in [0.1, 0.15) is 0 Å². The molecule has 0 spiro atoms. The quantitative estimate of drug-likeness (QED) is 0.245. The van der Waals surface area contributed by atoms with E-state index in [1.807, 2.05) is 0 Å². The second-order valence-electron chi connectivity index (χ2n) is 8.93. The summed E-state index contributed by atoms with van der Waals surface area (Å²) in [5.74, 6) is 0. The fourth-order valence-electron chi connectivity index (χ4n) is 4.03. The van der Waals surface area contributed by atoms with Crippen LogP contribution in [0.15, 0.2) is 0 Å². The third-order valence-electron chi connectivity index (χ3n) is 6.68. The van der Waals surface area contributed by atoms with Gasteiger partial charge in [-0.2, -0.15) is 0 Å². The Bertz CT molecular complexity index is 284. The third kappa shape index (κ3) is 11.3. The van der Waals surface area contributed by atoms with E-state index in [1.54, 1.807) is 0 Å². The Morgan fingerprint density at radius 3 is 1.28 bits per heavy atom. The first-order valence-electron chi connectivity index (χ1n) is 11.7. The van der Waals surface area contributed by atoms with E-state index in [9.17, 15) is 5.11 Å². The van der Waals surface area contributed by atoms with Gasteiger partial charge in [0.15, 0.2) is 0 Å². The third-order valence-corrected chi connectivity index (χ3v) is 6.68. The first-order chi connectivity index (χ1) is 11.9. The lowest BCUT2D eigenvalue weighted by molar-refractivity contribution is -0.0768. The van der Waals surface area contributed by atoms with Crippen molar-refractivity contribution in [3.05, 3.63) is 0 Å². The molecule has 0 heterocycles. The molecule has 0 saturated carbocycles. The zero-order valence-corrected chi connectivity index (χ0v) is 18.5. The number of rotatable bonds is 18. The number of aliphatic hydroxyl groups is 1. The van der Waals surface area contributed by atoms with Crippen LogP contribution in [0.1, 0.15) is 144 Å². The van der Waals surface area contributed by atoms with Crippen LogP contribution >= 0.6 is 0 Å². The van der Waals surface area contributed by atoms with Gasteiger partial charge >= 0.3 is 0 Å². The van der Waals surface area contributed by atoms with Crippen molar-refractivity contribution in [2.24, 2.45) is 5.41 Å². The molecule has 0 radical (unpaired) electrons. The van der Waals surface area contributed by atoms with Crippen molar-refractivity contribution in [3.63, 3.8) is 0 Å². The normalized spacial score (nSPS) is 16.6. The zero-order chi connectivity index (χ0) is 19.0. The van der Waals surface area contributed by atoms with Crippen LogP contribution in [0.5, 0.6) is 0 Å². The molecule has 25 heavy (non-hydrogen) atoms. The zero-order valence-electron chi connectivity index (χ0n) is 18.5. The van der Waals surface area contributed by atoms with Crippen molar-refractivity contribution >= 4 is 0 Å². The molecule has 1 N–H and O–H groups in total. The highest BCUT2D eigenvalue weighted by atomic mass is 16.3. The molecule has 152 valence electrons. The van der Waals surface area contributed by atoms with Crippen molar-refractivity contribution in [2.75, 3.05) is 0 Å². The van der Waals surface area contributed by atoms with Gasteiger partial charge < -0.3 is 5.11 Å². The van der Waals surface area contributed by atoms with Crippen molar-refractivity contribution in [1.82, 2.24) is 0 Å². The van der Waals surface area contributed by atoms with Crippen molar-refractivity contribution in [3.8, 4) is 0 Å². The molecule has 0 saturated heterocycles. The van der Waals surface area contributed by atoms with Gasteiger partial charge in [-0.3, -0.25) is 0 Å². The SMILES string of the molecule is CCCCCCCCCCCC(C)(CC)C(C)(O)CCCCCCC. The van der Waals surface area contributed by atoms with Gasteiger partial charge in [0.2, 0.25) is 0 Å². The summed E-state index contributed by atoms with van der Waals surface area (Å²) in [5, 5.41) is 11.1. The van der Waals surface area contributed by atoms with E-state index in [2.05, 4.69) is 34.6 Å². The van der Waals surface area contributed by atoms with Crippen LogP contribution in [-0.4, -0.2) is 10.7 Å². The summed E-state index contributed by atoms with van der Waals surface area (Å²) in [6.45, 7) is 11.2. The standard InChI is InChI=1S/C24H50O/c1-6-9-11-13-14-15-16-18-19-21-23(4,8-3)24(5,25)22-20-17-12-10-7-2/h25H,6-22H2,1-5H3. The molecule has 0 rings (SSSR count). The van der Waals surface area contributed by atoms with E-state index in [0.717, 1.165) is 12.8 Å². The average molecular weight is 355 g/mol. The van der Waals surface area contributed by atoms with Crippen LogP contribution in [0.3, 0.4) is 0 Å². The van der Waals surface area contributed by atoms with Gasteiger partial charge in [-0.05, 0) is 31.6 Å². The smallest absolute Gasteiger partial charge is 0.0673 e. The van der Waals surface area contributed by atoms with Gasteiger partial charge in [0.05, 0.1) is 5.60 Å². The molecule has 0 aromatic rings. The predicted molar refractivity (Wildman–Crippen MR) is 114 cm³/mol. The molecule has 0 aromatic heterocycles. The number of hydrogen-bond donors (Lipinski definition) is 1. The average Bonchev–Trinajstić information content (AvgIpc) is 2.59. The minimum Gasteiger partial charge on any atom is -0.390 e. The maximum atomic E-state index is 11.1. The summed E-state index contributed by atoms with van der Waals surface area (Å²) in [6.07, 6.45) is 22.1. The maximum Gasteiger partial charge on any atom is 0.0673 e. The maximum absolute atomic E-state index is 11.1. The van der Waals surface area contributed by atoms with E-state index < -0.39 is 5.60 Å². The molecule has 0 fully saturated rings. The largest absolute Gasteiger partial charge is 0.390 e. The van der Waals surface area contributed by atoms with Crippen LogP contribution in [-0.2, 0) is 0 Å². The van der Waals surface area contributed by atoms with Crippen molar-refractivity contribution in [1.29, 1.82) is 0 Å². The molecular weight excluding hydrogens is 304 g/mol. The van der Waals surface area contributed by atoms with Gasteiger partial charge in [-0.15, -0.1) is 0 Å². The second kappa shape index (κ2) is 15.1. The highest BCUT2D eigenvalue weighted by molar-refractivity contribution is 4.91. The Morgan fingerprint density at radius 2 is 0.880 bits per heavy atom. The molecule has 0 aliphatic rings. The van der Waals surface area contributed by atoms with Crippen molar-refractivity contribution < 1.29 is 5.11 Å². The van der Waals surface area contributed by atoms with Crippen LogP contribution < -0.4 is 0 Å². The molecule has 1 nitrogen and oxygen atoms in total. The molecule has 2 atom stereocenters. The van der Waals surface area contributed by atoms with Gasteiger partial charge in [-0.1, -0.05) is 118 Å². The lowest BCUT2D eigenvalue weighted by Crippen LogP contribution is -2.43. The highest BCUT2D eigenvalue weighted by Crippen LogP contribution is 2.42. The first-order valence-corrected chi connectivity index (χ1v) is 11.7. The van der Waals surface area contributed by atoms with E-state index in [1.165, 1.54) is 96.3 Å². The van der Waals surface area contributed by atoms with E-state index in [4.69, 9.17) is 0 Å². The molecule has 0 amide bonds. The van der Waals surface area contributed by atoms with Gasteiger partial charge in [0, 0.05) is 0 Å². The number of unbranched alkanes of at least 4 members (excludes halogenated alkanes) is 12. The molecule has 0 aliphatic carbocycles. The Balaban J connectivity index is 3.96. The van der Waals surface area contributed by atoms with Crippen LogP contribution in [0.25, 0.3) is 0 Å². The molecule has 1 heteroatoms. The molecule has 0 aromatic carbocycles. The lowest BCUT2D eigenvalue weighted by Gasteiger charge is -2.43. The minimum atomic E-state index is -0.506. The van der Waals surface area contributed by atoms with Gasteiger partial charge in [-0.25, -0.2) is 0 Å². The van der Waals surface area contributed by atoms with Crippen LogP contribution in [0, 0.1) is 5.41 Å². The van der Waals surface area contributed by atoms with E-state index in [0.29, 0.717) is 0 Å².